The molecule has 0 bridgehead atoms. The Hall–Kier alpha value is -3.29. The van der Waals surface area contributed by atoms with Crippen LogP contribution in [0.1, 0.15) is 18.4 Å². The van der Waals surface area contributed by atoms with E-state index in [-0.39, 0.29) is 5.95 Å². The third kappa shape index (κ3) is 4.60. The van der Waals surface area contributed by atoms with Crippen LogP contribution >= 0.6 is 11.6 Å². The Balaban J connectivity index is 1.35. The summed E-state index contributed by atoms with van der Waals surface area (Å²) in [7, 11) is 0. The second kappa shape index (κ2) is 9.29. The fraction of sp³-hybridized carbons (Fsp3) is 0.280. The van der Waals surface area contributed by atoms with E-state index in [2.05, 4.69) is 25.2 Å². The van der Waals surface area contributed by atoms with Gasteiger partial charge in [0, 0.05) is 34.9 Å². The highest BCUT2D eigenvalue weighted by Gasteiger charge is 2.15. The van der Waals surface area contributed by atoms with Crippen LogP contribution in [0.3, 0.4) is 0 Å². The van der Waals surface area contributed by atoms with Gasteiger partial charge < -0.3 is 20.8 Å². The van der Waals surface area contributed by atoms with Gasteiger partial charge in [-0.25, -0.2) is 4.98 Å². The molecule has 170 valence electrons. The molecule has 2 aromatic carbocycles. The minimum atomic E-state index is 0.211. The Labute approximate surface area is 197 Å². The number of ether oxygens (including phenoxy) is 1. The van der Waals surface area contributed by atoms with E-state index in [1.807, 2.05) is 55.6 Å². The van der Waals surface area contributed by atoms with Gasteiger partial charge in [-0.1, -0.05) is 11.6 Å². The third-order valence-electron chi connectivity index (χ3n) is 6.09. The maximum absolute atomic E-state index is 6.30. The fourth-order valence-electron chi connectivity index (χ4n) is 4.30. The number of anilines is 3. The lowest BCUT2D eigenvalue weighted by Crippen LogP contribution is -2.25. The van der Waals surface area contributed by atoms with E-state index < -0.39 is 0 Å². The monoisotopic (exact) mass is 462 g/mol. The van der Waals surface area contributed by atoms with Gasteiger partial charge in [-0.05, 0) is 75.3 Å². The molecule has 0 saturated carbocycles. The molecule has 0 spiro atoms. The van der Waals surface area contributed by atoms with Crippen LogP contribution in [0.5, 0.6) is 5.75 Å². The number of aromatic amines is 1. The number of nitrogens with two attached hydrogens (primary N) is 1. The van der Waals surface area contributed by atoms with E-state index in [1.165, 1.54) is 25.9 Å². The van der Waals surface area contributed by atoms with Crippen molar-refractivity contribution in [2.24, 2.45) is 0 Å². The van der Waals surface area contributed by atoms with Crippen LogP contribution in [0.4, 0.5) is 17.5 Å². The Morgan fingerprint density at radius 3 is 2.67 bits per heavy atom. The van der Waals surface area contributed by atoms with Crippen LogP contribution in [-0.4, -0.2) is 46.1 Å². The molecule has 5 rings (SSSR count). The number of hydrogen-bond donors (Lipinski definition) is 3. The fourth-order valence-corrected chi connectivity index (χ4v) is 4.52. The van der Waals surface area contributed by atoms with Crippen LogP contribution in [0.15, 0.2) is 48.7 Å². The molecule has 8 heteroatoms. The molecule has 3 heterocycles. The third-order valence-corrected chi connectivity index (χ3v) is 6.41. The van der Waals surface area contributed by atoms with Crippen LogP contribution in [0, 0.1) is 6.92 Å². The Morgan fingerprint density at radius 2 is 1.88 bits per heavy atom. The van der Waals surface area contributed by atoms with Crippen molar-refractivity contribution in [3.8, 4) is 17.0 Å². The summed E-state index contributed by atoms with van der Waals surface area (Å²) >= 11 is 6.30. The van der Waals surface area contributed by atoms with E-state index in [4.69, 9.17) is 22.1 Å². The Bertz CT molecular complexity index is 1260. The molecule has 0 amide bonds. The normalized spacial score (nSPS) is 14.1. The van der Waals surface area contributed by atoms with Crippen molar-refractivity contribution < 1.29 is 4.74 Å². The first-order valence-electron chi connectivity index (χ1n) is 11.2. The molecule has 4 aromatic rings. The van der Waals surface area contributed by atoms with E-state index in [0.717, 1.165) is 45.7 Å². The van der Waals surface area contributed by atoms with E-state index in [1.54, 1.807) is 0 Å². The SMILES string of the molecule is Cc1c(Nc2ccc(Cl)c3[nH]ccc23)nc(N)nc1-c1ccc(OCCN2CCCC2)cc1. The molecular weight excluding hydrogens is 436 g/mol. The number of halogens is 1. The molecular formula is C25H27ClN6O. The van der Waals surface area contributed by atoms with Crippen molar-refractivity contribution >= 4 is 40.0 Å². The van der Waals surface area contributed by atoms with Gasteiger partial charge in [0.1, 0.15) is 18.2 Å². The number of nitrogens with zero attached hydrogens (tertiary/aromatic N) is 3. The number of aromatic nitrogens is 3. The summed E-state index contributed by atoms with van der Waals surface area (Å²) in [6.45, 7) is 6.01. The van der Waals surface area contributed by atoms with Crippen molar-refractivity contribution in [1.82, 2.24) is 19.9 Å². The molecule has 0 atom stereocenters. The lowest BCUT2D eigenvalue weighted by molar-refractivity contribution is 0.238. The lowest BCUT2D eigenvalue weighted by Gasteiger charge is -2.16. The van der Waals surface area contributed by atoms with Crippen LogP contribution in [0.25, 0.3) is 22.2 Å². The number of fused-ring (bicyclic) bond motifs is 1. The summed E-state index contributed by atoms with van der Waals surface area (Å²) in [6, 6.07) is 13.7. The highest BCUT2D eigenvalue weighted by molar-refractivity contribution is 6.35. The quantitative estimate of drug-likeness (QED) is 0.341. The predicted molar refractivity (Wildman–Crippen MR) is 134 cm³/mol. The lowest BCUT2D eigenvalue weighted by atomic mass is 10.1. The molecule has 4 N–H and O–H groups in total. The number of rotatable bonds is 7. The summed E-state index contributed by atoms with van der Waals surface area (Å²) in [4.78, 5) is 14.6. The van der Waals surface area contributed by atoms with Crippen molar-refractivity contribution in [2.75, 3.05) is 37.3 Å². The van der Waals surface area contributed by atoms with Crippen LogP contribution in [0.2, 0.25) is 5.02 Å². The highest BCUT2D eigenvalue weighted by Crippen LogP contribution is 2.33. The van der Waals surface area contributed by atoms with Crippen LogP contribution < -0.4 is 15.8 Å². The minimum Gasteiger partial charge on any atom is -0.492 e. The molecule has 1 aliphatic rings. The zero-order chi connectivity index (χ0) is 22.8. The molecule has 0 radical (unpaired) electrons. The van der Waals surface area contributed by atoms with Gasteiger partial charge in [0.15, 0.2) is 0 Å². The van der Waals surface area contributed by atoms with Crippen molar-refractivity contribution in [3.05, 3.63) is 59.2 Å². The second-order valence-corrected chi connectivity index (χ2v) is 8.72. The number of H-pyrrole nitrogens is 1. The highest BCUT2D eigenvalue weighted by atomic mass is 35.5. The van der Waals surface area contributed by atoms with Crippen LogP contribution in [-0.2, 0) is 0 Å². The first kappa shape index (κ1) is 21.6. The molecule has 1 fully saturated rings. The number of hydrogen-bond acceptors (Lipinski definition) is 6. The maximum Gasteiger partial charge on any atom is 0.222 e. The molecule has 1 saturated heterocycles. The summed E-state index contributed by atoms with van der Waals surface area (Å²) < 4.78 is 5.93. The number of benzene rings is 2. The van der Waals surface area contributed by atoms with Gasteiger partial charge in [0.05, 0.1) is 16.2 Å². The van der Waals surface area contributed by atoms with Crippen molar-refractivity contribution in [2.45, 2.75) is 19.8 Å². The standard InChI is InChI=1S/C25H27ClN6O/c1-16-22(17-4-6-18(7-5-17)33-15-14-32-12-2-3-13-32)30-25(27)31-24(16)29-21-9-8-20(26)23-19(21)10-11-28-23/h4-11,28H,2-3,12-15H2,1H3,(H3,27,29,30,31). The first-order chi connectivity index (χ1) is 16.1. The molecule has 2 aromatic heterocycles. The average Bonchev–Trinajstić information content (AvgIpc) is 3.51. The summed E-state index contributed by atoms with van der Waals surface area (Å²) in [5.41, 5.74) is 10.5. The summed E-state index contributed by atoms with van der Waals surface area (Å²) in [5, 5.41) is 5.06. The van der Waals surface area contributed by atoms with Gasteiger partial charge in [-0.2, -0.15) is 4.98 Å². The number of nitrogen functional groups attached to an aromatic ring is 1. The molecule has 1 aliphatic heterocycles. The topological polar surface area (TPSA) is 92.1 Å². The van der Waals surface area contributed by atoms with Crippen molar-refractivity contribution in [3.63, 3.8) is 0 Å². The second-order valence-electron chi connectivity index (χ2n) is 8.31. The maximum atomic E-state index is 6.30. The predicted octanol–water partition coefficient (Wildman–Crippen LogP) is 5.39. The first-order valence-corrected chi connectivity index (χ1v) is 11.6. The van der Waals surface area contributed by atoms with Gasteiger partial charge in [-0.3, -0.25) is 4.90 Å². The van der Waals surface area contributed by atoms with Gasteiger partial charge in [0.2, 0.25) is 5.95 Å². The van der Waals surface area contributed by atoms with Gasteiger partial charge in [0.25, 0.3) is 0 Å². The van der Waals surface area contributed by atoms with Gasteiger partial charge in [-0.15, -0.1) is 0 Å². The molecule has 0 unspecified atom stereocenters. The zero-order valence-corrected chi connectivity index (χ0v) is 19.3. The summed E-state index contributed by atoms with van der Waals surface area (Å²) in [5.74, 6) is 1.73. The summed E-state index contributed by atoms with van der Waals surface area (Å²) in [6.07, 6.45) is 4.45. The number of likely N-dealkylation sites (tertiary alicyclic amines) is 1. The molecule has 0 aliphatic carbocycles. The minimum absolute atomic E-state index is 0.211. The van der Waals surface area contributed by atoms with E-state index in [9.17, 15) is 0 Å². The van der Waals surface area contributed by atoms with E-state index in [0.29, 0.717) is 17.4 Å². The smallest absolute Gasteiger partial charge is 0.222 e. The largest absolute Gasteiger partial charge is 0.492 e. The van der Waals surface area contributed by atoms with Crippen molar-refractivity contribution in [1.29, 1.82) is 0 Å². The van der Waals surface area contributed by atoms with Gasteiger partial charge >= 0.3 is 0 Å². The zero-order valence-electron chi connectivity index (χ0n) is 18.6. The number of nitrogens with one attached hydrogen (secondary N) is 2. The molecule has 33 heavy (non-hydrogen) atoms. The average molecular weight is 463 g/mol. The Morgan fingerprint density at radius 1 is 1.09 bits per heavy atom. The molecule has 7 nitrogen and oxygen atoms in total. The Kier molecular flexibility index (Phi) is 6.07. The van der Waals surface area contributed by atoms with E-state index >= 15 is 0 Å².